The third-order valence-electron chi connectivity index (χ3n) is 4.01. The van der Waals surface area contributed by atoms with Gasteiger partial charge < -0.3 is 4.57 Å². The molecular formula is C15H19N3O. The Balaban J connectivity index is 2.04. The van der Waals surface area contributed by atoms with Crippen molar-refractivity contribution in [3.63, 3.8) is 0 Å². The smallest absolute Gasteiger partial charge is 0.235 e. The number of aryl methyl sites for hydroxylation is 2. The highest BCUT2D eigenvalue weighted by Crippen LogP contribution is 2.32. The van der Waals surface area contributed by atoms with Crippen molar-refractivity contribution in [1.29, 1.82) is 0 Å². The maximum Gasteiger partial charge on any atom is 0.235 e. The fraction of sp³-hybridized carbons (Fsp3) is 0.400. The number of hydrogen-bond donors (Lipinski definition) is 2. The summed E-state index contributed by atoms with van der Waals surface area (Å²) in [4.78, 5) is 11.4. The quantitative estimate of drug-likeness (QED) is 0.501. The predicted molar refractivity (Wildman–Crippen MR) is 75.5 cm³/mol. The van der Waals surface area contributed by atoms with Crippen molar-refractivity contribution < 1.29 is 4.79 Å². The maximum absolute atomic E-state index is 11.4. The van der Waals surface area contributed by atoms with Crippen LogP contribution in [0.3, 0.4) is 0 Å². The van der Waals surface area contributed by atoms with Gasteiger partial charge >= 0.3 is 0 Å². The van der Waals surface area contributed by atoms with E-state index in [1.54, 1.807) is 0 Å². The summed E-state index contributed by atoms with van der Waals surface area (Å²) in [6.45, 7) is 0.707. The van der Waals surface area contributed by atoms with Crippen molar-refractivity contribution in [2.75, 3.05) is 0 Å². The van der Waals surface area contributed by atoms with Gasteiger partial charge in [-0.25, -0.2) is 5.84 Å². The van der Waals surface area contributed by atoms with E-state index < -0.39 is 0 Å². The maximum atomic E-state index is 11.4. The summed E-state index contributed by atoms with van der Waals surface area (Å²) in [6.07, 6.45) is 5.22. The van der Waals surface area contributed by atoms with Crippen LogP contribution in [0.2, 0.25) is 0 Å². The largest absolute Gasteiger partial charge is 0.344 e. The number of nitrogens with two attached hydrogens (primary N) is 1. The first-order valence-electron chi connectivity index (χ1n) is 6.89. The SMILES string of the molecule is NNC(=O)CCn1c2c(c3ccccc31)CCCC2. The second-order valence-corrected chi connectivity index (χ2v) is 5.12. The van der Waals surface area contributed by atoms with Crippen molar-refractivity contribution in [3.05, 3.63) is 35.5 Å². The van der Waals surface area contributed by atoms with Crippen LogP contribution in [0.1, 0.15) is 30.5 Å². The Bertz CT molecular complexity index is 615. The Kier molecular flexibility index (Phi) is 3.25. The lowest BCUT2D eigenvalue weighted by atomic mass is 9.95. The zero-order chi connectivity index (χ0) is 13.2. The van der Waals surface area contributed by atoms with Gasteiger partial charge in [0, 0.05) is 29.6 Å². The number of fused-ring (bicyclic) bond motifs is 3. The van der Waals surface area contributed by atoms with Crippen LogP contribution in [0.5, 0.6) is 0 Å². The van der Waals surface area contributed by atoms with E-state index >= 15 is 0 Å². The third-order valence-corrected chi connectivity index (χ3v) is 4.01. The van der Waals surface area contributed by atoms with Gasteiger partial charge in [0.2, 0.25) is 5.91 Å². The summed E-state index contributed by atoms with van der Waals surface area (Å²) < 4.78 is 2.30. The zero-order valence-electron chi connectivity index (χ0n) is 11.0. The van der Waals surface area contributed by atoms with Crippen LogP contribution in [0.4, 0.5) is 0 Å². The fourth-order valence-corrected chi connectivity index (χ4v) is 3.13. The zero-order valence-corrected chi connectivity index (χ0v) is 11.0. The molecule has 1 aliphatic carbocycles. The number of aromatic nitrogens is 1. The van der Waals surface area contributed by atoms with Gasteiger partial charge in [0.25, 0.3) is 0 Å². The molecule has 0 spiro atoms. The molecule has 4 nitrogen and oxygen atoms in total. The molecule has 0 fully saturated rings. The summed E-state index contributed by atoms with van der Waals surface area (Å²) >= 11 is 0. The van der Waals surface area contributed by atoms with E-state index in [1.165, 1.54) is 35.0 Å². The summed E-state index contributed by atoms with van der Waals surface area (Å²) in [5.74, 6) is 5.04. The van der Waals surface area contributed by atoms with Gasteiger partial charge in [-0.2, -0.15) is 0 Å². The lowest BCUT2D eigenvalue weighted by Gasteiger charge is -2.15. The number of para-hydroxylation sites is 1. The second-order valence-electron chi connectivity index (χ2n) is 5.12. The van der Waals surface area contributed by atoms with Crippen LogP contribution >= 0.6 is 0 Å². The van der Waals surface area contributed by atoms with Crippen molar-refractivity contribution >= 4 is 16.8 Å². The van der Waals surface area contributed by atoms with Crippen LogP contribution in [-0.4, -0.2) is 10.5 Å². The molecule has 0 saturated heterocycles. The number of hydrogen-bond acceptors (Lipinski definition) is 2. The average molecular weight is 257 g/mol. The summed E-state index contributed by atoms with van der Waals surface area (Å²) in [5.41, 5.74) is 6.35. The monoisotopic (exact) mass is 257 g/mol. The summed E-state index contributed by atoms with van der Waals surface area (Å²) in [7, 11) is 0. The Hall–Kier alpha value is -1.81. The highest BCUT2D eigenvalue weighted by atomic mass is 16.2. The number of carbonyl (C=O) groups excluding carboxylic acids is 1. The van der Waals surface area contributed by atoms with Gasteiger partial charge in [0.05, 0.1) is 0 Å². The molecule has 0 radical (unpaired) electrons. The number of amides is 1. The van der Waals surface area contributed by atoms with E-state index in [0.717, 1.165) is 12.8 Å². The number of nitrogens with zero attached hydrogens (tertiary/aromatic N) is 1. The molecule has 1 heterocycles. The molecule has 0 atom stereocenters. The van der Waals surface area contributed by atoms with Gasteiger partial charge in [0.15, 0.2) is 0 Å². The highest BCUT2D eigenvalue weighted by Gasteiger charge is 2.19. The molecule has 0 aliphatic heterocycles. The summed E-state index contributed by atoms with van der Waals surface area (Å²) in [5, 5.41) is 1.35. The number of nitrogens with one attached hydrogen (secondary N) is 1. The molecule has 1 aliphatic rings. The molecule has 0 saturated carbocycles. The Morgan fingerprint density at radius 1 is 1.26 bits per heavy atom. The van der Waals surface area contributed by atoms with E-state index in [0.29, 0.717) is 13.0 Å². The van der Waals surface area contributed by atoms with E-state index in [9.17, 15) is 4.79 Å². The average Bonchev–Trinajstić information content (AvgIpc) is 2.79. The second kappa shape index (κ2) is 5.05. The first kappa shape index (κ1) is 12.2. The van der Waals surface area contributed by atoms with Gasteiger partial charge in [-0.15, -0.1) is 0 Å². The third kappa shape index (κ3) is 2.12. The molecule has 0 bridgehead atoms. The van der Waals surface area contributed by atoms with Crippen LogP contribution in [0.15, 0.2) is 24.3 Å². The van der Waals surface area contributed by atoms with Gasteiger partial charge in [0.1, 0.15) is 0 Å². The van der Waals surface area contributed by atoms with Crippen LogP contribution in [0, 0.1) is 0 Å². The predicted octanol–water partition coefficient (Wildman–Crippen LogP) is 1.90. The van der Waals surface area contributed by atoms with Crippen LogP contribution in [-0.2, 0) is 24.2 Å². The first-order valence-corrected chi connectivity index (χ1v) is 6.89. The molecule has 100 valence electrons. The van der Waals surface area contributed by atoms with Crippen LogP contribution < -0.4 is 11.3 Å². The summed E-state index contributed by atoms with van der Waals surface area (Å²) in [6, 6.07) is 8.49. The van der Waals surface area contributed by atoms with Gasteiger partial charge in [-0.3, -0.25) is 10.2 Å². The Morgan fingerprint density at radius 2 is 2.05 bits per heavy atom. The molecule has 2 aromatic rings. The first-order chi connectivity index (χ1) is 9.31. The number of rotatable bonds is 3. The molecular weight excluding hydrogens is 238 g/mol. The van der Waals surface area contributed by atoms with E-state index in [1.807, 2.05) is 0 Å². The topological polar surface area (TPSA) is 60.0 Å². The molecule has 1 aromatic heterocycles. The van der Waals surface area contributed by atoms with Crippen molar-refractivity contribution in [2.45, 2.75) is 38.6 Å². The molecule has 1 aromatic carbocycles. The minimum Gasteiger partial charge on any atom is -0.344 e. The Morgan fingerprint density at radius 3 is 2.89 bits per heavy atom. The molecule has 19 heavy (non-hydrogen) atoms. The molecule has 3 rings (SSSR count). The van der Waals surface area contributed by atoms with Crippen molar-refractivity contribution in [1.82, 2.24) is 9.99 Å². The normalized spacial score (nSPS) is 14.4. The fourth-order valence-electron chi connectivity index (χ4n) is 3.13. The van der Waals surface area contributed by atoms with E-state index in [2.05, 4.69) is 34.3 Å². The number of benzene rings is 1. The molecule has 0 unspecified atom stereocenters. The number of hydrazine groups is 1. The van der Waals surface area contributed by atoms with Crippen molar-refractivity contribution in [2.24, 2.45) is 5.84 Å². The minimum atomic E-state index is -0.109. The molecule has 3 N–H and O–H groups in total. The Labute approximate surface area is 112 Å². The standard InChI is InChI=1S/C15H19N3O/c16-17-15(19)9-10-18-13-7-3-1-5-11(13)12-6-2-4-8-14(12)18/h1,3,5,7H,2,4,6,8-10,16H2,(H,17,19). The minimum absolute atomic E-state index is 0.109. The lowest BCUT2D eigenvalue weighted by molar-refractivity contribution is -0.121. The van der Waals surface area contributed by atoms with E-state index in [4.69, 9.17) is 5.84 Å². The van der Waals surface area contributed by atoms with E-state index in [-0.39, 0.29) is 5.91 Å². The highest BCUT2D eigenvalue weighted by molar-refractivity contribution is 5.86. The van der Waals surface area contributed by atoms with Gasteiger partial charge in [-0.05, 0) is 37.3 Å². The molecule has 4 heteroatoms. The lowest BCUT2D eigenvalue weighted by Crippen LogP contribution is -2.30. The number of carbonyl (C=O) groups is 1. The van der Waals surface area contributed by atoms with Crippen LogP contribution in [0.25, 0.3) is 10.9 Å². The molecule has 1 amide bonds. The van der Waals surface area contributed by atoms with Crippen molar-refractivity contribution in [3.8, 4) is 0 Å². The van der Waals surface area contributed by atoms with Gasteiger partial charge in [-0.1, -0.05) is 18.2 Å².